The molecule has 1 rings (SSSR count). The lowest BCUT2D eigenvalue weighted by Crippen LogP contribution is -2.32. The Balaban J connectivity index is 2.26. The van der Waals surface area contributed by atoms with Gasteiger partial charge >= 0.3 is 5.97 Å². The minimum atomic E-state index is -0.351. The summed E-state index contributed by atoms with van der Waals surface area (Å²) in [5.74, 6) is 0.118. The largest absolute Gasteiger partial charge is 0.464 e. The van der Waals surface area contributed by atoms with Crippen molar-refractivity contribution in [2.45, 2.75) is 26.7 Å². The highest BCUT2D eigenvalue weighted by Crippen LogP contribution is 2.11. The molecular formula is C14H21NO3S. The van der Waals surface area contributed by atoms with E-state index >= 15 is 0 Å². The Bertz CT molecular complexity index is 401. The van der Waals surface area contributed by atoms with Gasteiger partial charge in [-0.25, -0.2) is 0 Å². The van der Waals surface area contributed by atoms with Gasteiger partial charge in [-0.05, 0) is 30.2 Å². The number of rotatable bonds is 7. The lowest BCUT2D eigenvalue weighted by Gasteiger charge is -2.15. The van der Waals surface area contributed by atoms with Crippen molar-refractivity contribution in [1.29, 1.82) is 0 Å². The molecule has 0 aromatic carbocycles. The molecule has 5 heteroatoms. The summed E-state index contributed by atoms with van der Waals surface area (Å²) in [6.07, 6.45) is 1.91. The van der Waals surface area contributed by atoms with E-state index in [9.17, 15) is 9.59 Å². The zero-order valence-corrected chi connectivity index (χ0v) is 12.5. The van der Waals surface area contributed by atoms with E-state index in [2.05, 4.69) is 13.8 Å². The second-order valence-corrected chi connectivity index (χ2v) is 5.84. The molecule has 1 heterocycles. The van der Waals surface area contributed by atoms with Crippen LogP contribution in [0.1, 0.15) is 36.4 Å². The predicted octanol–water partition coefficient (Wildman–Crippen LogP) is 2.80. The van der Waals surface area contributed by atoms with Crippen molar-refractivity contribution >= 4 is 23.2 Å². The molecule has 0 aliphatic carbocycles. The normalized spacial score (nSPS) is 10.5. The van der Waals surface area contributed by atoms with Crippen molar-refractivity contribution in [2.75, 3.05) is 20.2 Å². The molecule has 0 radical (unpaired) electrons. The van der Waals surface area contributed by atoms with E-state index in [0.717, 1.165) is 12.8 Å². The van der Waals surface area contributed by atoms with Gasteiger partial charge in [0.15, 0.2) is 0 Å². The molecule has 0 N–H and O–H groups in total. The molecule has 0 aliphatic heterocycles. The molecular weight excluding hydrogens is 262 g/mol. The maximum absolute atomic E-state index is 11.9. The molecule has 1 aromatic heterocycles. The lowest BCUT2D eigenvalue weighted by atomic mass is 10.1. The van der Waals surface area contributed by atoms with Gasteiger partial charge in [-0.1, -0.05) is 19.9 Å². The molecule has 106 valence electrons. The summed E-state index contributed by atoms with van der Waals surface area (Å²) in [5, 5.41) is 1.84. The first kappa shape index (κ1) is 15.7. The van der Waals surface area contributed by atoms with Crippen LogP contribution in [0.2, 0.25) is 0 Å². The quantitative estimate of drug-likeness (QED) is 0.571. The minimum absolute atomic E-state index is 0.00158. The number of esters is 1. The van der Waals surface area contributed by atoms with Crippen LogP contribution >= 0.6 is 11.3 Å². The van der Waals surface area contributed by atoms with E-state index in [1.54, 1.807) is 13.1 Å². The van der Waals surface area contributed by atoms with E-state index in [4.69, 9.17) is 4.74 Å². The smallest absolute Gasteiger partial charge is 0.325 e. The van der Waals surface area contributed by atoms with Gasteiger partial charge < -0.3 is 9.64 Å². The molecule has 0 aliphatic rings. The fourth-order valence-electron chi connectivity index (χ4n) is 1.58. The van der Waals surface area contributed by atoms with Crippen LogP contribution in [0.15, 0.2) is 17.5 Å². The van der Waals surface area contributed by atoms with E-state index in [-0.39, 0.29) is 18.4 Å². The number of ether oxygens (including phenoxy) is 1. The minimum Gasteiger partial charge on any atom is -0.464 e. The first-order chi connectivity index (χ1) is 9.00. The molecule has 1 amide bonds. The average molecular weight is 283 g/mol. The summed E-state index contributed by atoms with van der Waals surface area (Å²) >= 11 is 1.37. The molecule has 0 saturated heterocycles. The van der Waals surface area contributed by atoms with Crippen LogP contribution in [-0.2, 0) is 9.53 Å². The van der Waals surface area contributed by atoms with Crippen molar-refractivity contribution in [3.8, 4) is 0 Å². The Hall–Kier alpha value is -1.36. The maximum Gasteiger partial charge on any atom is 0.325 e. The summed E-state index contributed by atoms with van der Waals surface area (Å²) in [5.41, 5.74) is 0. The summed E-state index contributed by atoms with van der Waals surface area (Å²) in [7, 11) is 1.61. The monoisotopic (exact) mass is 283 g/mol. The SMILES string of the molecule is CC(C)CCCOC(=O)CN(C)C(=O)c1cccs1. The van der Waals surface area contributed by atoms with Crippen LogP contribution in [0.25, 0.3) is 0 Å². The van der Waals surface area contributed by atoms with Crippen molar-refractivity contribution in [2.24, 2.45) is 5.92 Å². The Morgan fingerprint density at radius 2 is 2.16 bits per heavy atom. The number of thiophene rings is 1. The van der Waals surface area contributed by atoms with Gasteiger partial charge in [0, 0.05) is 7.05 Å². The highest BCUT2D eigenvalue weighted by Gasteiger charge is 2.16. The van der Waals surface area contributed by atoms with Crippen LogP contribution in [0.4, 0.5) is 0 Å². The third-order valence-corrected chi connectivity index (χ3v) is 3.49. The standard InChI is InChI=1S/C14H21NO3S/c1-11(2)6-4-8-18-13(16)10-15(3)14(17)12-7-5-9-19-12/h5,7,9,11H,4,6,8,10H2,1-3H3. The van der Waals surface area contributed by atoms with Crippen molar-refractivity contribution in [1.82, 2.24) is 4.90 Å². The van der Waals surface area contributed by atoms with E-state index in [0.29, 0.717) is 17.4 Å². The fourth-order valence-corrected chi connectivity index (χ4v) is 2.29. The molecule has 4 nitrogen and oxygen atoms in total. The summed E-state index contributed by atoms with van der Waals surface area (Å²) in [6.45, 7) is 4.70. The number of hydrogen-bond acceptors (Lipinski definition) is 4. The molecule has 0 atom stereocenters. The number of carbonyl (C=O) groups is 2. The van der Waals surface area contributed by atoms with Crippen LogP contribution in [0.5, 0.6) is 0 Å². The van der Waals surface area contributed by atoms with Crippen molar-refractivity contribution < 1.29 is 14.3 Å². The third-order valence-electron chi connectivity index (χ3n) is 2.63. The molecule has 0 fully saturated rings. The van der Waals surface area contributed by atoms with Crippen LogP contribution in [0, 0.1) is 5.92 Å². The number of nitrogens with zero attached hydrogens (tertiary/aromatic N) is 1. The van der Waals surface area contributed by atoms with Gasteiger partial charge in [0.2, 0.25) is 0 Å². The topological polar surface area (TPSA) is 46.6 Å². The summed E-state index contributed by atoms with van der Waals surface area (Å²) < 4.78 is 5.10. The first-order valence-corrected chi connectivity index (χ1v) is 7.33. The van der Waals surface area contributed by atoms with Crippen molar-refractivity contribution in [3.05, 3.63) is 22.4 Å². The number of amides is 1. The lowest BCUT2D eigenvalue weighted by molar-refractivity contribution is -0.144. The maximum atomic E-state index is 11.9. The Kier molecular flexibility index (Phi) is 6.56. The van der Waals surface area contributed by atoms with E-state index in [1.165, 1.54) is 16.2 Å². The molecule has 0 unspecified atom stereocenters. The van der Waals surface area contributed by atoms with E-state index < -0.39 is 0 Å². The fraction of sp³-hybridized carbons (Fsp3) is 0.571. The predicted molar refractivity (Wildman–Crippen MR) is 76.3 cm³/mol. The second kappa shape index (κ2) is 7.94. The molecule has 0 saturated carbocycles. The molecule has 19 heavy (non-hydrogen) atoms. The third kappa shape index (κ3) is 5.87. The molecule has 0 spiro atoms. The van der Waals surface area contributed by atoms with Gasteiger partial charge in [-0.15, -0.1) is 11.3 Å². The van der Waals surface area contributed by atoms with Gasteiger partial charge in [0.05, 0.1) is 11.5 Å². The Labute approximate surface area is 118 Å². The zero-order chi connectivity index (χ0) is 14.3. The number of carbonyl (C=O) groups excluding carboxylic acids is 2. The van der Waals surface area contributed by atoms with Crippen LogP contribution in [0.3, 0.4) is 0 Å². The van der Waals surface area contributed by atoms with Crippen LogP contribution < -0.4 is 0 Å². The Morgan fingerprint density at radius 3 is 2.74 bits per heavy atom. The first-order valence-electron chi connectivity index (χ1n) is 6.45. The highest BCUT2D eigenvalue weighted by molar-refractivity contribution is 7.12. The van der Waals surface area contributed by atoms with Gasteiger partial charge in [-0.3, -0.25) is 9.59 Å². The molecule has 1 aromatic rings. The number of likely N-dealkylation sites (N-methyl/N-ethyl adjacent to an activating group) is 1. The van der Waals surface area contributed by atoms with Gasteiger partial charge in [-0.2, -0.15) is 0 Å². The van der Waals surface area contributed by atoms with Crippen LogP contribution in [-0.4, -0.2) is 37.0 Å². The average Bonchev–Trinajstić information content (AvgIpc) is 2.87. The Morgan fingerprint density at radius 1 is 1.42 bits per heavy atom. The summed E-state index contributed by atoms with van der Waals surface area (Å²) in [6, 6.07) is 3.56. The number of hydrogen-bond donors (Lipinski definition) is 0. The highest BCUT2D eigenvalue weighted by atomic mass is 32.1. The van der Waals surface area contributed by atoms with Gasteiger partial charge in [0.25, 0.3) is 5.91 Å². The zero-order valence-electron chi connectivity index (χ0n) is 11.7. The van der Waals surface area contributed by atoms with Crippen molar-refractivity contribution in [3.63, 3.8) is 0 Å². The summed E-state index contributed by atoms with van der Waals surface area (Å²) in [4.78, 5) is 25.5. The second-order valence-electron chi connectivity index (χ2n) is 4.90. The molecule has 0 bridgehead atoms. The van der Waals surface area contributed by atoms with E-state index in [1.807, 2.05) is 11.4 Å². The van der Waals surface area contributed by atoms with Gasteiger partial charge in [0.1, 0.15) is 6.54 Å².